The summed E-state index contributed by atoms with van der Waals surface area (Å²) in [5.41, 5.74) is 0.991. The zero-order valence-corrected chi connectivity index (χ0v) is 12.1. The van der Waals surface area contributed by atoms with Crippen molar-refractivity contribution in [2.24, 2.45) is 5.92 Å². The van der Waals surface area contributed by atoms with E-state index in [0.717, 1.165) is 12.1 Å². The number of nitrogens with one attached hydrogen (secondary N) is 1. The molecule has 118 valence electrons. The molecule has 21 heavy (non-hydrogen) atoms. The SMILES string of the molecule is FC(F)(F)C1CCC(Cc2ccn(C3CCCC3)n2)NC1. The van der Waals surface area contributed by atoms with Gasteiger partial charge < -0.3 is 5.32 Å². The average Bonchev–Trinajstić information content (AvgIpc) is 3.08. The van der Waals surface area contributed by atoms with E-state index in [0.29, 0.717) is 12.5 Å². The number of halogens is 3. The van der Waals surface area contributed by atoms with Gasteiger partial charge in [-0.25, -0.2) is 0 Å². The highest BCUT2D eigenvalue weighted by molar-refractivity contribution is 5.03. The molecule has 2 heterocycles. The minimum atomic E-state index is -4.07. The van der Waals surface area contributed by atoms with E-state index in [9.17, 15) is 13.2 Å². The molecule has 2 atom stereocenters. The fourth-order valence-electron chi connectivity index (χ4n) is 3.48. The predicted molar refractivity (Wildman–Crippen MR) is 74.0 cm³/mol. The first-order valence-corrected chi connectivity index (χ1v) is 7.86. The van der Waals surface area contributed by atoms with E-state index in [1.54, 1.807) is 0 Å². The maximum Gasteiger partial charge on any atom is 0.393 e. The Hall–Kier alpha value is -1.04. The number of rotatable bonds is 3. The molecule has 0 radical (unpaired) electrons. The van der Waals surface area contributed by atoms with Crippen LogP contribution in [0.25, 0.3) is 0 Å². The number of aromatic nitrogens is 2. The second-order valence-corrected chi connectivity index (χ2v) is 6.35. The second kappa shape index (κ2) is 5.99. The van der Waals surface area contributed by atoms with Crippen molar-refractivity contribution in [3.05, 3.63) is 18.0 Å². The molecule has 2 aliphatic rings. The molecule has 1 aliphatic heterocycles. The summed E-state index contributed by atoms with van der Waals surface area (Å²) >= 11 is 0. The maximum atomic E-state index is 12.6. The van der Waals surface area contributed by atoms with E-state index in [2.05, 4.69) is 10.4 Å². The Balaban J connectivity index is 1.51. The highest BCUT2D eigenvalue weighted by atomic mass is 19.4. The highest BCUT2D eigenvalue weighted by Gasteiger charge is 2.41. The topological polar surface area (TPSA) is 29.9 Å². The van der Waals surface area contributed by atoms with Crippen LogP contribution in [0.2, 0.25) is 0 Å². The summed E-state index contributed by atoms with van der Waals surface area (Å²) < 4.78 is 39.9. The van der Waals surface area contributed by atoms with Gasteiger partial charge in [0.2, 0.25) is 0 Å². The molecule has 3 rings (SSSR count). The zero-order chi connectivity index (χ0) is 14.9. The third kappa shape index (κ3) is 3.59. The Morgan fingerprint density at radius 1 is 1.19 bits per heavy atom. The molecule has 1 saturated heterocycles. The first-order chi connectivity index (χ1) is 10.0. The summed E-state index contributed by atoms with van der Waals surface area (Å²) in [6.07, 6.45) is 4.39. The highest BCUT2D eigenvalue weighted by Crippen LogP contribution is 2.32. The van der Waals surface area contributed by atoms with Crippen LogP contribution >= 0.6 is 0 Å². The van der Waals surface area contributed by atoms with Gasteiger partial charge in [-0.2, -0.15) is 18.3 Å². The first kappa shape index (κ1) is 14.9. The third-order valence-electron chi connectivity index (χ3n) is 4.80. The van der Waals surface area contributed by atoms with Crippen molar-refractivity contribution in [2.75, 3.05) is 6.54 Å². The van der Waals surface area contributed by atoms with E-state index in [4.69, 9.17) is 0 Å². The van der Waals surface area contributed by atoms with Crippen molar-refractivity contribution >= 4 is 0 Å². The summed E-state index contributed by atoms with van der Waals surface area (Å²) in [6.45, 7) is 0.0392. The molecule has 0 aromatic carbocycles. The monoisotopic (exact) mass is 301 g/mol. The fourth-order valence-corrected chi connectivity index (χ4v) is 3.48. The Kier molecular flexibility index (Phi) is 4.24. The van der Waals surface area contributed by atoms with Crippen molar-refractivity contribution in [3.8, 4) is 0 Å². The van der Waals surface area contributed by atoms with Crippen molar-refractivity contribution in [1.82, 2.24) is 15.1 Å². The van der Waals surface area contributed by atoms with Crippen LogP contribution in [0, 0.1) is 5.92 Å². The summed E-state index contributed by atoms with van der Waals surface area (Å²) in [6, 6.07) is 2.65. The largest absolute Gasteiger partial charge is 0.393 e. The quantitative estimate of drug-likeness (QED) is 0.926. The van der Waals surface area contributed by atoms with Crippen LogP contribution in [-0.2, 0) is 6.42 Å². The molecular formula is C15H22F3N3. The number of piperidine rings is 1. The van der Waals surface area contributed by atoms with E-state index in [1.165, 1.54) is 25.7 Å². The molecule has 0 amide bonds. The van der Waals surface area contributed by atoms with Crippen molar-refractivity contribution in [3.63, 3.8) is 0 Å². The lowest BCUT2D eigenvalue weighted by atomic mass is 9.92. The lowest BCUT2D eigenvalue weighted by molar-refractivity contribution is -0.179. The van der Waals surface area contributed by atoms with Gasteiger partial charge in [-0.3, -0.25) is 4.68 Å². The third-order valence-corrected chi connectivity index (χ3v) is 4.80. The minimum Gasteiger partial charge on any atom is -0.313 e. The van der Waals surface area contributed by atoms with E-state index in [-0.39, 0.29) is 19.0 Å². The Morgan fingerprint density at radius 3 is 2.57 bits per heavy atom. The first-order valence-electron chi connectivity index (χ1n) is 7.86. The van der Waals surface area contributed by atoms with Crippen molar-refractivity contribution < 1.29 is 13.2 Å². The van der Waals surface area contributed by atoms with Gasteiger partial charge in [0.1, 0.15) is 0 Å². The molecule has 0 bridgehead atoms. The Labute approximate surface area is 122 Å². The molecule has 2 fully saturated rings. The fraction of sp³-hybridized carbons (Fsp3) is 0.800. The van der Waals surface area contributed by atoms with Gasteiger partial charge in [-0.05, 0) is 31.7 Å². The summed E-state index contributed by atoms with van der Waals surface area (Å²) in [5.74, 6) is -1.19. The van der Waals surface area contributed by atoms with E-state index >= 15 is 0 Å². The molecule has 1 N–H and O–H groups in total. The van der Waals surface area contributed by atoms with Gasteiger partial charge in [-0.15, -0.1) is 0 Å². The van der Waals surface area contributed by atoms with Gasteiger partial charge in [0.15, 0.2) is 0 Å². The van der Waals surface area contributed by atoms with Gasteiger partial charge in [-0.1, -0.05) is 12.8 Å². The average molecular weight is 301 g/mol. The van der Waals surface area contributed by atoms with Crippen LogP contribution < -0.4 is 5.32 Å². The molecule has 1 saturated carbocycles. The Morgan fingerprint density at radius 2 is 1.95 bits per heavy atom. The number of hydrogen-bond acceptors (Lipinski definition) is 2. The van der Waals surface area contributed by atoms with Crippen molar-refractivity contribution in [1.29, 1.82) is 0 Å². The predicted octanol–water partition coefficient (Wildman–Crippen LogP) is 3.47. The van der Waals surface area contributed by atoms with Gasteiger partial charge in [0.05, 0.1) is 17.7 Å². The van der Waals surface area contributed by atoms with Crippen LogP contribution in [0.1, 0.15) is 50.3 Å². The zero-order valence-electron chi connectivity index (χ0n) is 12.1. The minimum absolute atomic E-state index is 0.0392. The summed E-state index contributed by atoms with van der Waals surface area (Å²) in [7, 11) is 0. The number of nitrogens with zero attached hydrogens (tertiary/aromatic N) is 2. The normalized spacial score (nSPS) is 28.1. The van der Waals surface area contributed by atoms with Gasteiger partial charge >= 0.3 is 6.18 Å². The molecule has 1 aliphatic carbocycles. The van der Waals surface area contributed by atoms with Crippen LogP contribution in [0.5, 0.6) is 0 Å². The lowest BCUT2D eigenvalue weighted by Gasteiger charge is -2.30. The van der Waals surface area contributed by atoms with Crippen molar-refractivity contribution in [2.45, 2.75) is 63.2 Å². The van der Waals surface area contributed by atoms with Crippen LogP contribution in [0.15, 0.2) is 12.3 Å². The van der Waals surface area contributed by atoms with Crippen LogP contribution in [0.3, 0.4) is 0 Å². The molecule has 1 aromatic heterocycles. The Bertz CT molecular complexity index is 455. The second-order valence-electron chi connectivity index (χ2n) is 6.35. The van der Waals surface area contributed by atoms with E-state index in [1.807, 2.05) is 16.9 Å². The number of alkyl halides is 3. The number of hydrogen-bond donors (Lipinski definition) is 1. The lowest BCUT2D eigenvalue weighted by Crippen LogP contribution is -2.45. The maximum absolute atomic E-state index is 12.6. The molecule has 0 spiro atoms. The summed E-state index contributed by atoms with van der Waals surface area (Å²) in [4.78, 5) is 0. The van der Waals surface area contributed by atoms with Crippen LogP contribution in [0.4, 0.5) is 13.2 Å². The standard InChI is InChI=1S/C15H22F3N3/c16-15(17,18)11-5-6-12(19-10-11)9-13-7-8-21(20-13)14-3-1-2-4-14/h7-8,11-12,14,19H,1-6,9-10H2. The molecule has 6 heteroatoms. The molecule has 1 aromatic rings. The molecule has 2 unspecified atom stereocenters. The van der Waals surface area contributed by atoms with E-state index < -0.39 is 12.1 Å². The van der Waals surface area contributed by atoms with Gasteiger partial charge in [0, 0.05) is 25.2 Å². The molecular weight excluding hydrogens is 279 g/mol. The molecule has 3 nitrogen and oxygen atoms in total. The van der Waals surface area contributed by atoms with Crippen LogP contribution in [-0.4, -0.2) is 28.5 Å². The smallest absolute Gasteiger partial charge is 0.313 e. The van der Waals surface area contributed by atoms with Gasteiger partial charge in [0.25, 0.3) is 0 Å². The summed E-state index contributed by atoms with van der Waals surface area (Å²) in [5, 5.41) is 7.64.